The lowest BCUT2D eigenvalue weighted by Gasteiger charge is -2.21. The number of guanidine groups is 1. The highest BCUT2D eigenvalue weighted by Gasteiger charge is 2.25. The second-order valence-electron chi connectivity index (χ2n) is 6.81. The third-order valence-electron chi connectivity index (χ3n) is 4.79. The first-order chi connectivity index (χ1) is 11.3. The van der Waals surface area contributed by atoms with Gasteiger partial charge in [-0.25, -0.2) is 0 Å². The van der Waals surface area contributed by atoms with Gasteiger partial charge in [-0.15, -0.1) is 0 Å². The van der Waals surface area contributed by atoms with Gasteiger partial charge >= 0.3 is 0 Å². The van der Waals surface area contributed by atoms with Crippen molar-refractivity contribution < 1.29 is 4.74 Å². The summed E-state index contributed by atoms with van der Waals surface area (Å²) in [5, 5.41) is 3.52. The molecule has 1 aromatic carbocycles. The SMILES string of the molecule is CN=C(NCCC1CC1)N1CCC(COCc2ccccc2)C1. The highest BCUT2D eigenvalue weighted by Crippen LogP contribution is 2.31. The number of rotatable bonds is 7. The van der Waals surface area contributed by atoms with E-state index in [0.29, 0.717) is 12.5 Å². The van der Waals surface area contributed by atoms with Crippen LogP contribution in [-0.2, 0) is 11.3 Å². The Morgan fingerprint density at radius 2 is 2.04 bits per heavy atom. The average Bonchev–Trinajstić information content (AvgIpc) is 3.30. The molecule has 3 rings (SSSR count). The molecule has 1 aromatic rings. The fourth-order valence-corrected chi connectivity index (χ4v) is 3.21. The highest BCUT2D eigenvalue weighted by molar-refractivity contribution is 5.80. The summed E-state index contributed by atoms with van der Waals surface area (Å²) in [5.41, 5.74) is 1.25. The summed E-state index contributed by atoms with van der Waals surface area (Å²) >= 11 is 0. The number of hydrogen-bond donors (Lipinski definition) is 1. The maximum absolute atomic E-state index is 5.90. The molecule has 1 unspecified atom stereocenters. The van der Waals surface area contributed by atoms with Crippen LogP contribution < -0.4 is 5.32 Å². The number of hydrogen-bond acceptors (Lipinski definition) is 2. The van der Waals surface area contributed by atoms with Gasteiger partial charge in [0.25, 0.3) is 0 Å². The molecule has 1 saturated carbocycles. The van der Waals surface area contributed by atoms with E-state index in [4.69, 9.17) is 4.74 Å². The van der Waals surface area contributed by atoms with Crippen LogP contribution in [0.15, 0.2) is 35.3 Å². The minimum absolute atomic E-state index is 0.612. The minimum atomic E-state index is 0.612. The maximum Gasteiger partial charge on any atom is 0.193 e. The van der Waals surface area contributed by atoms with Crippen LogP contribution in [0.3, 0.4) is 0 Å². The molecule has 1 heterocycles. The van der Waals surface area contributed by atoms with Crippen molar-refractivity contribution in [3.8, 4) is 0 Å². The van der Waals surface area contributed by atoms with Crippen molar-refractivity contribution in [1.82, 2.24) is 10.2 Å². The van der Waals surface area contributed by atoms with Crippen molar-refractivity contribution in [2.75, 3.05) is 33.3 Å². The van der Waals surface area contributed by atoms with E-state index in [-0.39, 0.29) is 0 Å². The quantitative estimate of drug-likeness (QED) is 0.621. The van der Waals surface area contributed by atoms with Crippen LogP contribution in [0.1, 0.15) is 31.2 Å². The summed E-state index contributed by atoms with van der Waals surface area (Å²) < 4.78 is 5.90. The molecule has 4 nitrogen and oxygen atoms in total. The fourth-order valence-electron chi connectivity index (χ4n) is 3.21. The molecule has 0 aromatic heterocycles. The normalized spacial score (nSPS) is 21.7. The number of nitrogens with zero attached hydrogens (tertiary/aromatic N) is 2. The smallest absolute Gasteiger partial charge is 0.193 e. The molecule has 23 heavy (non-hydrogen) atoms. The van der Waals surface area contributed by atoms with Gasteiger partial charge in [-0.05, 0) is 24.3 Å². The van der Waals surface area contributed by atoms with Gasteiger partial charge in [0.1, 0.15) is 0 Å². The lowest BCUT2D eigenvalue weighted by atomic mass is 10.1. The highest BCUT2D eigenvalue weighted by atomic mass is 16.5. The summed E-state index contributed by atoms with van der Waals surface area (Å²) in [6.07, 6.45) is 5.32. The third-order valence-corrected chi connectivity index (χ3v) is 4.79. The van der Waals surface area contributed by atoms with Crippen LogP contribution in [0.2, 0.25) is 0 Å². The van der Waals surface area contributed by atoms with Gasteiger partial charge in [0.05, 0.1) is 13.2 Å². The summed E-state index contributed by atoms with van der Waals surface area (Å²) in [6.45, 7) is 4.75. The van der Waals surface area contributed by atoms with Crippen LogP contribution >= 0.6 is 0 Å². The summed E-state index contributed by atoms with van der Waals surface area (Å²) in [6, 6.07) is 10.4. The Morgan fingerprint density at radius 1 is 1.22 bits per heavy atom. The number of benzene rings is 1. The predicted molar refractivity (Wildman–Crippen MR) is 94.5 cm³/mol. The zero-order valence-electron chi connectivity index (χ0n) is 14.2. The van der Waals surface area contributed by atoms with Crippen molar-refractivity contribution in [2.24, 2.45) is 16.8 Å². The largest absolute Gasteiger partial charge is 0.376 e. The molecule has 126 valence electrons. The van der Waals surface area contributed by atoms with E-state index in [1.54, 1.807) is 0 Å². The number of nitrogens with one attached hydrogen (secondary N) is 1. The Kier molecular flexibility index (Phi) is 5.92. The zero-order chi connectivity index (χ0) is 15.9. The maximum atomic E-state index is 5.90. The first kappa shape index (κ1) is 16.3. The van der Waals surface area contributed by atoms with Gasteiger partial charge in [-0.1, -0.05) is 43.2 Å². The molecule has 0 amide bonds. The van der Waals surface area contributed by atoms with Crippen molar-refractivity contribution >= 4 is 5.96 Å². The molecule has 0 spiro atoms. The standard InChI is InChI=1S/C19H29N3O/c1-20-19(21-11-9-16-7-8-16)22-12-10-18(13-22)15-23-14-17-5-3-2-4-6-17/h2-6,16,18H,7-15H2,1H3,(H,20,21). The molecule has 1 aliphatic heterocycles. The monoisotopic (exact) mass is 315 g/mol. The first-order valence-electron chi connectivity index (χ1n) is 8.92. The molecule has 1 aliphatic carbocycles. The number of aliphatic imine (C=N–C) groups is 1. The first-order valence-corrected chi connectivity index (χ1v) is 8.92. The Balaban J connectivity index is 1.35. The predicted octanol–water partition coefficient (Wildman–Crippen LogP) is 2.90. The Hall–Kier alpha value is -1.55. The lowest BCUT2D eigenvalue weighted by molar-refractivity contribution is 0.0907. The molecule has 2 fully saturated rings. The van der Waals surface area contributed by atoms with Crippen LogP contribution in [0.25, 0.3) is 0 Å². The summed E-state index contributed by atoms with van der Waals surface area (Å²) in [5.74, 6) is 2.65. The van der Waals surface area contributed by atoms with E-state index in [1.807, 2.05) is 13.1 Å². The molecule has 2 aliphatic rings. The van der Waals surface area contributed by atoms with E-state index in [2.05, 4.69) is 39.5 Å². The summed E-state index contributed by atoms with van der Waals surface area (Å²) in [7, 11) is 1.89. The van der Waals surface area contributed by atoms with Gasteiger partial charge in [-0.3, -0.25) is 4.99 Å². The Bertz CT molecular complexity index is 499. The minimum Gasteiger partial charge on any atom is -0.376 e. The second kappa shape index (κ2) is 8.34. The van der Waals surface area contributed by atoms with Gasteiger partial charge < -0.3 is 15.0 Å². The van der Waals surface area contributed by atoms with Gasteiger partial charge in [0.2, 0.25) is 0 Å². The number of likely N-dealkylation sites (tertiary alicyclic amines) is 1. The third kappa shape index (κ3) is 5.24. The molecule has 4 heteroatoms. The topological polar surface area (TPSA) is 36.9 Å². The molecule has 0 bridgehead atoms. The Labute approximate surface area is 139 Å². The lowest BCUT2D eigenvalue weighted by Crippen LogP contribution is -2.40. The molecule has 1 atom stereocenters. The van der Waals surface area contributed by atoms with Crippen molar-refractivity contribution in [1.29, 1.82) is 0 Å². The van der Waals surface area contributed by atoms with E-state index >= 15 is 0 Å². The van der Waals surface area contributed by atoms with E-state index < -0.39 is 0 Å². The number of ether oxygens (including phenoxy) is 1. The molecule has 0 radical (unpaired) electrons. The van der Waals surface area contributed by atoms with Gasteiger partial charge in [0.15, 0.2) is 5.96 Å². The van der Waals surface area contributed by atoms with E-state index in [0.717, 1.165) is 38.1 Å². The average molecular weight is 315 g/mol. The van der Waals surface area contributed by atoms with Crippen molar-refractivity contribution in [3.05, 3.63) is 35.9 Å². The molecular weight excluding hydrogens is 286 g/mol. The second-order valence-corrected chi connectivity index (χ2v) is 6.81. The van der Waals surface area contributed by atoms with Crippen molar-refractivity contribution in [3.63, 3.8) is 0 Å². The van der Waals surface area contributed by atoms with Crippen LogP contribution in [0.4, 0.5) is 0 Å². The van der Waals surface area contributed by atoms with Crippen LogP contribution in [0.5, 0.6) is 0 Å². The molecule has 1 N–H and O–H groups in total. The van der Waals surface area contributed by atoms with Crippen LogP contribution in [0, 0.1) is 11.8 Å². The zero-order valence-corrected chi connectivity index (χ0v) is 14.2. The fraction of sp³-hybridized carbons (Fsp3) is 0.632. The van der Waals surface area contributed by atoms with Crippen LogP contribution in [-0.4, -0.2) is 44.1 Å². The van der Waals surface area contributed by atoms with E-state index in [9.17, 15) is 0 Å². The Morgan fingerprint density at radius 3 is 2.78 bits per heavy atom. The van der Waals surface area contributed by atoms with Gasteiger partial charge in [0, 0.05) is 32.6 Å². The molecular formula is C19H29N3O. The van der Waals surface area contributed by atoms with Crippen molar-refractivity contribution in [2.45, 2.75) is 32.3 Å². The molecule has 1 saturated heterocycles. The van der Waals surface area contributed by atoms with E-state index in [1.165, 1.54) is 31.2 Å². The summed E-state index contributed by atoms with van der Waals surface area (Å²) in [4.78, 5) is 6.82. The van der Waals surface area contributed by atoms with Gasteiger partial charge in [-0.2, -0.15) is 0 Å².